The van der Waals surface area contributed by atoms with Crippen molar-refractivity contribution in [3.05, 3.63) is 38.9 Å². The molecule has 1 atom stereocenters. The van der Waals surface area contributed by atoms with Crippen LogP contribution in [0.4, 0.5) is 5.69 Å². The largest absolute Gasteiger partial charge is 0.350 e. The summed E-state index contributed by atoms with van der Waals surface area (Å²) in [5.41, 5.74) is -0.239. The van der Waals surface area contributed by atoms with E-state index in [0.29, 0.717) is 6.54 Å². The Balaban J connectivity index is 2.07. The fourth-order valence-corrected chi connectivity index (χ4v) is 2.26. The number of halogens is 1. The van der Waals surface area contributed by atoms with E-state index >= 15 is 0 Å². The van der Waals surface area contributed by atoms with Crippen molar-refractivity contribution in [1.82, 2.24) is 10.6 Å². The summed E-state index contributed by atoms with van der Waals surface area (Å²) in [6.07, 6.45) is 2.09. The number of nitrogens with one attached hydrogen (secondary N) is 2. The summed E-state index contributed by atoms with van der Waals surface area (Å²) in [5.74, 6) is -0.447. The highest BCUT2D eigenvalue weighted by molar-refractivity contribution is 6.31. The van der Waals surface area contributed by atoms with E-state index in [1.807, 2.05) is 0 Å². The van der Waals surface area contributed by atoms with E-state index in [9.17, 15) is 14.9 Å². The molecule has 0 aromatic heterocycles. The maximum Gasteiger partial charge on any atom is 0.283 e. The lowest BCUT2D eigenvalue weighted by molar-refractivity contribution is -0.385. The van der Waals surface area contributed by atoms with E-state index < -0.39 is 10.8 Å². The second-order valence-corrected chi connectivity index (χ2v) is 4.86. The molecule has 1 unspecified atom stereocenters. The molecule has 0 spiro atoms. The lowest BCUT2D eigenvalue weighted by Crippen LogP contribution is -2.37. The van der Waals surface area contributed by atoms with Gasteiger partial charge in [-0.2, -0.15) is 0 Å². The highest BCUT2D eigenvalue weighted by atomic mass is 35.5. The van der Waals surface area contributed by atoms with Crippen molar-refractivity contribution in [3.8, 4) is 0 Å². The predicted octanol–water partition coefficient (Wildman–Crippen LogP) is 1.73. The molecule has 1 saturated heterocycles. The summed E-state index contributed by atoms with van der Waals surface area (Å²) in [6, 6.07) is 4.27. The lowest BCUT2D eigenvalue weighted by atomic mass is 10.1. The number of nitro groups is 1. The van der Waals surface area contributed by atoms with Crippen LogP contribution in [-0.4, -0.2) is 30.0 Å². The average molecular weight is 284 g/mol. The lowest BCUT2D eigenvalue weighted by Gasteiger charge is -2.11. The summed E-state index contributed by atoms with van der Waals surface area (Å²) in [7, 11) is 0. The van der Waals surface area contributed by atoms with E-state index in [0.717, 1.165) is 19.4 Å². The topological polar surface area (TPSA) is 84.3 Å². The van der Waals surface area contributed by atoms with Gasteiger partial charge in [0, 0.05) is 23.7 Å². The van der Waals surface area contributed by atoms with Crippen LogP contribution in [0, 0.1) is 10.1 Å². The van der Waals surface area contributed by atoms with Gasteiger partial charge in [-0.25, -0.2) is 0 Å². The SMILES string of the molecule is O=C(NCC1CCCN1)c1ccc(Cl)cc1[N+](=O)[O-]. The number of rotatable bonds is 4. The molecule has 6 nitrogen and oxygen atoms in total. The summed E-state index contributed by atoms with van der Waals surface area (Å²) < 4.78 is 0. The van der Waals surface area contributed by atoms with Gasteiger partial charge in [0.25, 0.3) is 11.6 Å². The molecule has 1 aromatic rings. The van der Waals surface area contributed by atoms with Gasteiger partial charge >= 0.3 is 0 Å². The van der Waals surface area contributed by atoms with Crippen LogP contribution in [0.15, 0.2) is 18.2 Å². The molecular weight excluding hydrogens is 270 g/mol. The van der Waals surface area contributed by atoms with Gasteiger partial charge in [0.15, 0.2) is 0 Å². The highest BCUT2D eigenvalue weighted by Crippen LogP contribution is 2.23. The van der Waals surface area contributed by atoms with Gasteiger partial charge in [-0.15, -0.1) is 0 Å². The summed E-state index contributed by atoms with van der Waals surface area (Å²) in [6.45, 7) is 1.42. The van der Waals surface area contributed by atoms with Crippen LogP contribution in [0.25, 0.3) is 0 Å². The second kappa shape index (κ2) is 5.99. The molecule has 1 fully saturated rings. The standard InChI is InChI=1S/C12H14ClN3O3/c13-8-3-4-10(11(6-8)16(18)19)12(17)15-7-9-2-1-5-14-9/h3-4,6,9,14H,1-2,5,7H2,(H,15,17). The molecule has 0 saturated carbocycles. The van der Waals surface area contributed by atoms with Gasteiger partial charge < -0.3 is 10.6 Å². The van der Waals surface area contributed by atoms with Crippen LogP contribution >= 0.6 is 11.6 Å². The van der Waals surface area contributed by atoms with Crippen molar-refractivity contribution in [2.24, 2.45) is 0 Å². The Morgan fingerprint density at radius 2 is 2.37 bits per heavy atom. The van der Waals surface area contributed by atoms with Gasteiger partial charge in [0.1, 0.15) is 5.56 Å². The minimum atomic E-state index is -0.603. The van der Waals surface area contributed by atoms with E-state index in [-0.39, 0.29) is 22.3 Å². The normalized spacial score (nSPS) is 18.3. The first-order valence-corrected chi connectivity index (χ1v) is 6.41. The third-order valence-corrected chi connectivity index (χ3v) is 3.31. The molecule has 2 N–H and O–H groups in total. The van der Waals surface area contributed by atoms with Gasteiger partial charge in [0.05, 0.1) is 4.92 Å². The first-order chi connectivity index (χ1) is 9.08. The van der Waals surface area contributed by atoms with Crippen LogP contribution in [0.5, 0.6) is 0 Å². The zero-order valence-corrected chi connectivity index (χ0v) is 10.9. The summed E-state index contributed by atoms with van der Waals surface area (Å²) in [5, 5.41) is 17.1. The van der Waals surface area contributed by atoms with Crippen molar-refractivity contribution >= 4 is 23.2 Å². The van der Waals surface area contributed by atoms with Gasteiger partial charge in [0.2, 0.25) is 0 Å². The van der Waals surface area contributed by atoms with Crippen LogP contribution in [0.3, 0.4) is 0 Å². The minimum Gasteiger partial charge on any atom is -0.350 e. The highest BCUT2D eigenvalue weighted by Gasteiger charge is 2.22. The number of benzene rings is 1. The van der Waals surface area contributed by atoms with E-state index in [1.165, 1.54) is 18.2 Å². The van der Waals surface area contributed by atoms with Crippen molar-refractivity contribution in [2.75, 3.05) is 13.1 Å². The number of carbonyl (C=O) groups is 1. The van der Waals surface area contributed by atoms with Crippen molar-refractivity contribution < 1.29 is 9.72 Å². The zero-order valence-electron chi connectivity index (χ0n) is 10.2. The molecule has 0 bridgehead atoms. The molecule has 1 aliphatic heterocycles. The number of hydrogen-bond acceptors (Lipinski definition) is 4. The van der Waals surface area contributed by atoms with E-state index in [1.54, 1.807) is 0 Å². The fourth-order valence-electron chi connectivity index (χ4n) is 2.09. The van der Waals surface area contributed by atoms with Crippen LogP contribution in [-0.2, 0) is 0 Å². The van der Waals surface area contributed by atoms with Crippen LogP contribution in [0.1, 0.15) is 23.2 Å². The van der Waals surface area contributed by atoms with Crippen LogP contribution in [0.2, 0.25) is 5.02 Å². The number of nitrogens with zero attached hydrogens (tertiary/aromatic N) is 1. The molecule has 0 radical (unpaired) electrons. The molecule has 2 rings (SSSR count). The number of nitro benzene ring substituents is 1. The molecule has 19 heavy (non-hydrogen) atoms. The maximum atomic E-state index is 12.0. The molecule has 1 amide bonds. The molecule has 1 aliphatic rings. The fraction of sp³-hybridized carbons (Fsp3) is 0.417. The number of amides is 1. The molecule has 0 aliphatic carbocycles. The van der Waals surface area contributed by atoms with Crippen LogP contribution < -0.4 is 10.6 Å². The smallest absolute Gasteiger partial charge is 0.283 e. The third-order valence-electron chi connectivity index (χ3n) is 3.07. The quantitative estimate of drug-likeness (QED) is 0.651. The second-order valence-electron chi connectivity index (χ2n) is 4.42. The number of carbonyl (C=O) groups excluding carboxylic acids is 1. The van der Waals surface area contributed by atoms with Crippen molar-refractivity contribution in [2.45, 2.75) is 18.9 Å². The minimum absolute atomic E-state index is 0.0346. The molecule has 7 heteroatoms. The van der Waals surface area contributed by atoms with Crippen molar-refractivity contribution in [1.29, 1.82) is 0 Å². The predicted molar refractivity (Wildman–Crippen MR) is 71.5 cm³/mol. The van der Waals surface area contributed by atoms with Gasteiger partial charge in [-0.1, -0.05) is 11.6 Å². The third kappa shape index (κ3) is 3.42. The molecular formula is C12H14ClN3O3. The average Bonchev–Trinajstić information content (AvgIpc) is 2.88. The summed E-state index contributed by atoms with van der Waals surface area (Å²) >= 11 is 5.70. The van der Waals surface area contributed by atoms with Gasteiger partial charge in [-0.3, -0.25) is 14.9 Å². The zero-order chi connectivity index (χ0) is 13.8. The monoisotopic (exact) mass is 283 g/mol. The Hall–Kier alpha value is -1.66. The summed E-state index contributed by atoms with van der Waals surface area (Å²) in [4.78, 5) is 22.2. The number of hydrogen-bond donors (Lipinski definition) is 2. The van der Waals surface area contributed by atoms with Crippen molar-refractivity contribution in [3.63, 3.8) is 0 Å². The first kappa shape index (κ1) is 13.8. The Bertz CT molecular complexity index is 501. The Kier molecular flexibility index (Phi) is 4.34. The molecule has 102 valence electrons. The Morgan fingerprint density at radius 1 is 1.58 bits per heavy atom. The molecule has 1 aromatic carbocycles. The Labute approximate surface area is 115 Å². The first-order valence-electron chi connectivity index (χ1n) is 6.03. The van der Waals surface area contributed by atoms with Gasteiger partial charge in [-0.05, 0) is 31.5 Å². The van der Waals surface area contributed by atoms with E-state index in [4.69, 9.17) is 11.6 Å². The Morgan fingerprint density at radius 3 is 3.00 bits per heavy atom. The maximum absolute atomic E-state index is 12.0. The molecule has 1 heterocycles. The van der Waals surface area contributed by atoms with E-state index in [2.05, 4.69) is 10.6 Å².